The first-order chi connectivity index (χ1) is 37.3. The third-order valence-electron chi connectivity index (χ3n) is 13.9. The van der Waals surface area contributed by atoms with Crippen LogP contribution in [0, 0.1) is 0 Å². The Kier molecular flexibility index (Phi) is 59.6. The van der Waals surface area contributed by atoms with Gasteiger partial charge < -0.3 is 20.1 Å². The summed E-state index contributed by atoms with van der Waals surface area (Å²) in [7, 11) is -4.40. The largest absolute Gasteiger partial charge is 0.472 e. The minimum Gasteiger partial charge on any atom is -0.462 e. The van der Waals surface area contributed by atoms with E-state index in [0.29, 0.717) is 6.42 Å². The Morgan fingerprint density at radius 1 is 0.408 bits per heavy atom. The summed E-state index contributed by atoms with van der Waals surface area (Å²) in [5.41, 5.74) is 5.39. The zero-order valence-electron chi connectivity index (χ0n) is 49.5. The van der Waals surface area contributed by atoms with E-state index in [4.69, 9.17) is 24.3 Å². The smallest absolute Gasteiger partial charge is 0.462 e. The number of unbranched alkanes of at least 4 members (excludes halogenated alkanes) is 35. The van der Waals surface area contributed by atoms with Gasteiger partial charge in [-0.15, -0.1) is 0 Å². The fourth-order valence-electron chi connectivity index (χ4n) is 9.17. The summed E-state index contributed by atoms with van der Waals surface area (Å²) in [6.45, 7) is 3.66. The summed E-state index contributed by atoms with van der Waals surface area (Å²) in [6, 6.07) is 0. The van der Waals surface area contributed by atoms with Crippen LogP contribution in [0.25, 0.3) is 0 Å². The van der Waals surface area contributed by atoms with Gasteiger partial charge in [-0.3, -0.25) is 18.6 Å². The summed E-state index contributed by atoms with van der Waals surface area (Å²) >= 11 is 0. The normalized spacial score (nSPS) is 13.5. The van der Waals surface area contributed by atoms with Crippen LogP contribution in [0.15, 0.2) is 72.9 Å². The van der Waals surface area contributed by atoms with E-state index in [0.717, 1.165) is 83.5 Å². The maximum atomic E-state index is 12.7. The van der Waals surface area contributed by atoms with Crippen molar-refractivity contribution in [2.24, 2.45) is 5.73 Å². The van der Waals surface area contributed by atoms with Crippen LogP contribution in [0.1, 0.15) is 303 Å². The fourth-order valence-corrected chi connectivity index (χ4v) is 9.94. The Labute approximate surface area is 469 Å². The molecule has 2 unspecified atom stereocenters. The molecule has 0 amide bonds. The molecule has 0 aliphatic rings. The number of carbonyl (C=O) groups excluding carboxylic acids is 2. The van der Waals surface area contributed by atoms with Gasteiger partial charge in [-0.05, 0) is 64.2 Å². The molecule has 0 bridgehead atoms. The van der Waals surface area contributed by atoms with Crippen LogP contribution in [0.4, 0.5) is 0 Å². The van der Waals surface area contributed by atoms with Crippen molar-refractivity contribution in [2.45, 2.75) is 309 Å². The molecule has 9 nitrogen and oxygen atoms in total. The highest BCUT2D eigenvalue weighted by atomic mass is 31.2. The summed E-state index contributed by atoms with van der Waals surface area (Å²) < 4.78 is 33.1. The number of allylic oxidation sites excluding steroid dienone is 12. The first kappa shape index (κ1) is 73.5. The van der Waals surface area contributed by atoms with Crippen molar-refractivity contribution in [1.29, 1.82) is 0 Å². The number of nitrogens with two attached hydrogens (primary N) is 1. The standard InChI is InChI=1S/C66H120NO8P/c1-3-5-7-9-11-13-15-17-19-21-23-25-27-29-31-33-34-36-38-40-42-44-46-48-50-52-54-56-58-65(68)72-62-64(63-74-76(70,71)73-61-60-67)75-66(69)59-57-55-53-51-49-47-45-43-41-39-37-35-32-30-28-26-24-22-20-18-16-14-12-10-8-6-4-2/h6,8,12,14,18,20,24,26,30,32,37,39,64H,3-5,7,9-11,13,15-17,19,21-23,25,27-29,31,33-36,38,40-63,67H2,1-2H3,(H,70,71)/b8-6-,14-12-,20-18-,26-24-,32-30-,39-37-. The number of esters is 2. The second-order valence-electron chi connectivity index (χ2n) is 21.3. The molecule has 0 aliphatic heterocycles. The molecule has 442 valence electrons. The number of hydrogen-bond donors (Lipinski definition) is 2. The molecule has 0 saturated carbocycles. The highest BCUT2D eigenvalue weighted by Crippen LogP contribution is 2.43. The minimum atomic E-state index is -4.40. The minimum absolute atomic E-state index is 0.0503. The van der Waals surface area contributed by atoms with Gasteiger partial charge in [0.1, 0.15) is 6.61 Å². The Hall–Kier alpha value is -2.55. The zero-order chi connectivity index (χ0) is 55.2. The summed E-state index contributed by atoms with van der Waals surface area (Å²) in [6.07, 6.45) is 79.8. The highest BCUT2D eigenvalue weighted by molar-refractivity contribution is 7.47. The van der Waals surface area contributed by atoms with Gasteiger partial charge >= 0.3 is 19.8 Å². The lowest BCUT2D eigenvalue weighted by Crippen LogP contribution is -2.29. The SMILES string of the molecule is CC/C=C\C/C=C\C/C=C\C/C=C\C/C=C\C/C=C\CCCCCCCCCCC(=O)OC(COC(=O)CCCCCCCCCCCCCCCCCCCCCCCCCCCCCC)COP(=O)(O)OCCN. The van der Waals surface area contributed by atoms with Crippen molar-refractivity contribution < 1.29 is 37.6 Å². The maximum Gasteiger partial charge on any atom is 0.472 e. The molecule has 0 radical (unpaired) electrons. The molecule has 0 saturated heterocycles. The van der Waals surface area contributed by atoms with Gasteiger partial charge in [0.25, 0.3) is 0 Å². The number of rotatable bonds is 60. The lowest BCUT2D eigenvalue weighted by Gasteiger charge is -2.19. The van der Waals surface area contributed by atoms with Crippen LogP contribution in [-0.4, -0.2) is 49.3 Å². The van der Waals surface area contributed by atoms with E-state index in [-0.39, 0.29) is 38.6 Å². The van der Waals surface area contributed by atoms with Crippen LogP contribution >= 0.6 is 7.82 Å². The number of carbonyl (C=O) groups is 2. The van der Waals surface area contributed by atoms with Crippen LogP contribution in [0.3, 0.4) is 0 Å². The van der Waals surface area contributed by atoms with Crippen molar-refractivity contribution in [1.82, 2.24) is 0 Å². The maximum absolute atomic E-state index is 12.7. The van der Waals surface area contributed by atoms with Gasteiger partial charge in [0.15, 0.2) is 6.10 Å². The molecule has 0 aliphatic carbocycles. The quantitative estimate of drug-likeness (QED) is 0.0264. The molecule has 0 aromatic heterocycles. The van der Waals surface area contributed by atoms with Crippen LogP contribution in [0.5, 0.6) is 0 Å². The van der Waals surface area contributed by atoms with Crippen LogP contribution in [0.2, 0.25) is 0 Å². The van der Waals surface area contributed by atoms with E-state index < -0.39 is 26.5 Å². The van der Waals surface area contributed by atoms with E-state index >= 15 is 0 Å². The molecule has 3 N–H and O–H groups in total. The van der Waals surface area contributed by atoms with Gasteiger partial charge in [-0.2, -0.15) is 0 Å². The fraction of sp³-hybridized carbons (Fsp3) is 0.788. The van der Waals surface area contributed by atoms with Crippen molar-refractivity contribution in [3.8, 4) is 0 Å². The molecule has 2 atom stereocenters. The summed E-state index contributed by atoms with van der Waals surface area (Å²) in [5.74, 6) is -0.827. The molecular weight excluding hydrogens is 966 g/mol. The molecule has 0 aromatic carbocycles. The lowest BCUT2D eigenvalue weighted by atomic mass is 10.0. The zero-order valence-corrected chi connectivity index (χ0v) is 50.4. The molecule has 0 heterocycles. The Morgan fingerprint density at radius 3 is 1.08 bits per heavy atom. The van der Waals surface area contributed by atoms with Crippen LogP contribution < -0.4 is 5.73 Å². The van der Waals surface area contributed by atoms with Crippen molar-refractivity contribution in [2.75, 3.05) is 26.4 Å². The molecule has 0 fully saturated rings. The second-order valence-corrected chi connectivity index (χ2v) is 22.7. The number of phosphoric acid groups is 1. The molecular formula is C66H120NO8P. The average molecular weight is 1090 g/mol. The van der Waals surface area contributed by atoms with E-state index in [9.17, 15) is 19.0 Å². The predicted molar refractivity (Wildman–Crippen MR) is 326 cm³/mol. The van der Waals surface area contributed by atoms with E-state index in [1.807, 2.05) is 0 Å². The predicted octanol–water partition coefficient (Wildman–Crippen LogP) is 20.5. The summed E-state index contributed by atoms with van der Waals surface area (Å²) in [5, 5.41) is 0. The van der Waals surface area contributed by atoms with Gasteiger partial charge in [0.05, 0.1) is 13.2 Å². The molecule has 0 rings (SSSR count). The molecule has 0 aromatic rings. The second kappa shape index (κ2) is 61.7. The van der Waals surface area contributed by atoms with Crippen molar-refractivity contribution in [3.05, 3.63) is 72.9 Å². The molecule has 10 heteroatoms. The number of ether oxygens (including phenoxy) is 2. The van der Waals surface area contributed by atoms with E-state index in [2.05, 4.69) is 86.8 Å². The lowest BCUT2D eigenvalue weighted by molar-refractivity contribution is -0.161. The first-order valence-corrected chi connectivity index (χ1v) is 33.4. The number of phosphoric ester groups is 1. The molecule has 0 spiro atoms. The van der Waals surface area contributed by atoms with Gasteiger partial charge in [0.2, 0.25) is 0 Å². The Morgan fingerprint density at radius 2 is 0.724 bits per heavy atom. The van der Waals surface area contributed by atoms with Crippen LogP contribution in [-0.2, 0) is 32.7 Å². The van der Waals surface area contributed by atoms with Gasteiger partial charge in [0, 0.05) is 19.4 Å². The van der Waals surface area contributed by atoms with Gasteiger partial charge in [-0.1, -0.05) is 299 Å². The first-order valence-electron chi connectivity index (χ1n) is 31.9. The highest BCUT2D eigenvalue weighted by Gasteiger charge is 2.26. The van der Waals surface area contributed by atoms with E-state index in [1.54, 1.807) is 0 Å². The topological polar surface area (TPSA) is 134 Å². The monoisotopic (exact) mass is 1090 g/mol. The Balaban J connectivity index is 3.93. The van der Waals surface area contributed by atoms with Crippen molar-refractivity contribution in [3.63, 3.8) is 0 Å². The average Bonchev–Trinajstić information content (AvgIpc) is 3.41. The van der Waals surface area contributed by atoms with E-state index in [1.165, 1.54) is 186 Å². The van der Waals surface area contributed by atoms with Crippen molar-refractivity contribution >= 4 is 19.8 Å². The summed E-state index contributed by atoms with van der Waals surface area (Å²) in [4.78, 5) is 35.3. The molecule has 76 heavy (non-hydrogen) atoms. The number of hydrogen-bond acceptors (Lipinski definition) is 8. The Bertz CT molecular complexity index is 1470. The van der Waals surface area contributed by atoms with Gasteiger partial charge in [-0.25, -0.2) is 4.57 Å². The third-order valence-corrected chi connectivity index (χ3v) is 14.8. The third kappa shape index (κ3) is 60.7.